The molecule has 49 heavy (non-hydrogen) atoms. The first kappa shape index (κ1) is 29.0. The quantitative estimate of drug-likeness (QED) is 0.152. The first-order valence-electron chi connectivity index (χ1n) is 17.8. The van der Waals surface area contributed by atoms with Crippen LogP contribution in [0.4, 0.5) is 17.1 Å². The van der Waals surface area contributed by atoms with Crippen molar-refractivity contribution in [3.8, 4) is 0 Å². The van der Waals surface area contributed by atoms with Crippen molar-refractivity contribution in [2.24, 2.45) is 0 Å². The van der Waals surface area contributed by atoms with Crippen molar-refractivity contribution >= 4 is 44.3 Å². The number of fused-ring (bicyclic) bond motifs is 8. The minimum atomic E-state index is 0.00720. The van der Waals surface area contributed by atoms with Gasteiger partial charge in [0.1, 0.15) is 5.69 Å². The van der Waals surface area contributed by atoms with Gasteiger partial charge >= 0.3 is 0 Å². The fourth-order valence-corrected chi connectivity index (χ4v) is 8.91. The van der Waals surface area contributed by atoms with Gasteiger partial charge in [0.05, 0.1) is 12.1 Å². The van der Waals surface area contributed by atoms with E-state index in [2.05, 4.69) is 184 Å². The van der Waals surface area contributed by atoms with Crippen molar-refractivity contribution in [1.82, 2.24) is 9.58 Å². The van der Waals surface area contributed by atoms with Gasteiger partial charge in [0.2, 0.25) is 17.1 Å². The monoisotopic (exact) mass is 636 g/mol. The highest BCUT2D eigenvalue weighted by Gasteiger charge is 2.57. The SMILES string of the molecule is CC(C)(C)c1cc([N+]2=C3C=CC=C4C5=CC=CC6=C7C=CC=CC7N(C56)N(c5cc6cc7ccccc7cc6cc52)C43)cc(C(C)(C)C)c1. The average Bonchev–Trinajstić information content (AvgIpc) is 3.42. The summed E-state index contributed by atoms with van der Waals surface area (Å²) in [5, 5.41) is 10.4. The molecule has 3 aliphatic carbocycles. The Hall–Kier alpha value is -4.99. The number of allylic oxidation sites excluding steroid dienone is 6. The predicted molar refractivity (Wildman–Crippen MR) is 207 cm³/mol. The van der Waals surface area contributed by atoms with E-state index < -0.39 is 0 Å². The second kappa shape index (κ2) is 9.80. The molecule has 4 aromatic rings. The van der Waals surface area contributed by atoms with Crippen molar-refractivity contribution < 1.29 is 0 Å². The first-order chi connectivity index (χ1) is 23.6. The third-order valence-corrected chi connectivity index (χ3v) is 11.4. The lowest BCUT2D eigenvalue weighted by Gasteiger charge is -2.53. The van der Waals surface area contributed by atoms with Crippen LogP contribution in [0.3, 0.4) is 0 Å². The van der Waals surface area contributed by atoms with Crippen LogP contribution >= 0.6 is 0 Å². The van der Waals surface area contributed by atoms with Crippen LogP contribution in [0, 0.1) is 0 Å². The van der Waals surface area contributed by atoms with E-state index in [-0.39, 0.29) is 29.0 Å². The van der Waals surface area contributed by atoms with Gasteiger partial charge in [-0.1, -0.05) is 127 Å². The van der Waals surface area contributed by atoms with Crippen LogP contribution in [0.2, 0.25) is 0 Å². The largest absolute Gasteiger partial charge is 0.279 e. The van der Waals surface area contributed by atoms with Crippen LogP contribution in [0.1, 0.15) is 52.7 Å². The number of rotatable bonds is 1. The summed E-state index contributed by atoms with van der Waals surface area (Å²) in [6.07, 6.45) is 23.2. The van der Waals surface area contributed by atoms with Gasteiger partial charge in [0.25, 0.3) is 0 Å². The zero-order valence-electron chi connectivity index (χ0n) is 29.2. The van der Waals surface area contributed by atoms with Crippen molar-refractivity contribution in [2.75, 3.05) is 5.01 Å². The maximum atomic E-state index is 2.69. The zero-order chi connectivity index (χ0) is 33.4. The number of hydrogen-bond donors (Lipinski definition) is 0. The molecule has 3 heteroatoms. The van der Waals surface area contributed by atoms with Gasteiger partial charge < -0.3 is 0 Å². The third kappa shape index (κ3) is 4.09. The first-order valence-corrected chi connectivity index (χ1v) is 17.8. The molecule has 1 saturated heterocycles. The van der Waals surface area contributed by atoms with Gasteiger partial charge in [0, 0.05) is 24.3 Å². The van der Waals surface area contributed by atoms with E-state index in [1.54, 1.807) is 0 Å². The van der Waals surface area contributed by atoms with Crippen LogP contribution in [0.5, 0.6) is 0 Å². The Morgan fingerprint density at radius 2 is 1.22 bits per heavy atom. The molecular weight excluding hydrogens is 595 g/mol. The van der Waals surface area contributed by atoms with Crippen LogP contribution < -0.4 is 9.58 Å². The molecule has 4 aromatic carbocycles. The van der Waals surface area contributed by atoms with Crippen LogP contribution in [-0.2, 0) is 10.8 Å². The molecule has 3 aliphatic heterocycles. The second-order valence-electron chi connectivity index (χ2n) is 16.5. The van der Waals surface area contributed by atoms with E-state index in [9.17, 15) is 0 Å². The lowest BCUT2D eigenvalue weighted by molar-refractivity contribution is 0.204. The number of hydrogen-bond acceptors (Lipinski definition) is 2. The molecule has 0 radical (unpaired) electrons. The van der Waals surface area contributed by atoms with E-state index in [0.717, 1.165) is 0 Å². The van der Waals surface area contributed by atoms with E-state index >= 15 is 0 Å². The number of anilines is 1. The molecule has 10 rings (SSSR count). The summed E-state index contributed by atoms with van der Waals surface area (Å²) < 4.78 is 2.60. The standard InChI is InChI=1S/C46H42N3/c1-45(2,3)32-25-33(46(4,5)6)27-34(26-32)47-40-20-12-18-38-37-17-11-16-36-35-15-9-10-19-39(35)48(43(36)37)49(44(38)40)42-24-31-22-29-14-8-7-13-28(29)21-30(31)23-41(42)47/h7-27,39,43-44H,1-6H3/q+1. The van der Waals surface area contributed by atoms with Gasteiger partial charge in [-0.25, -0.2) is 0 Å². The number of nitrogens with zero attached hydrogens (tertiary/aromatic N) is 3. The Balaban J connectivity index is 1.31. The van der Waals surface area contributed by atoms with E-state index in [1.807, 2.05) is 0 Å². The summed E-state index contributed by atoms with van der Waals surface area (Å²) in [5.41, 5.74) is 13.4. The fourth-order valence-electron chi connectivity index (χ4n) is 8.91. The average molecular weight is 637 g/mol. The zero-order valence-corrected chi connectivity index (χ0v) is 29.2. The number of benzene rings is 4. The van der Waals surface area contributed by atoms with Crippen LogP contribution in [-0.4, -0.2) is 28.8 Å². The fraction of sp³-hybridized carbons (Fsp3) is 0.239. The Labute approximate surface area is 289 Å². The normalized spacial score (nSPS) is 23.6. The summed E-state index contributed by atoms with van der Waals surface area (Å²) in [6.45, 7) is 14.0. The van der Waals surface area contributed by atoms with Crippen LogP contribution in [0.25, 0.3) is 21.5 Å². The highest BCUT2D eigenvalue weighted by atomic mass is 15.7. The molecule has 0 bridgehead atoms. The molecule has 0 spiro atoms. The summed E-state index contributed by atoms with van der Waals surface area (Å²) in [6, 6.07) is 26.2. The van der Waals surface area contributed by atoms with Crippen molar-refractivity contribution in [2.45, 2.75) is 70.5 Å². The van der Waals surface area contributed by atoms with Gasteiger partial charge in [-0.2, -0.15) is 9.58 Å². The molecule has 3 atom stereocenters. The van der Waals surface area contributed by atoms with Crippen molar-refractivity contribution in [1.29, 1.82) is 0 Å². The molecule has 0 N–H and O–H groups in total. The van der Waals surface area contributed by atoms with Gasteiger partial charge in [-0.05, 0) is 84.0 Å². The Morgan fingerprint density at radius 3 is 1.92 bits per heavy atom. The maximum absolute atomic E-state index is 2.69. The minimum absolute atomic E-state index is 0.00720. The highest BCUT2D eigenvalue weighted by Crippen LogP contribution is 2.54. The molecule has 3 heterocycles. The molecular formula is C46H42N3+. The predicted octanol–water partition coefficient (Wildman–Crippen LogP) is 10.4. The Morgan fingerprint density at radius 1 is 0.592 bits per heavy atom. The molecule has 0 amide bonds. The summed E-state index contributed by atoms with van der Waals surface area (Å²) in [7, 11) is 0. The third-order valence-electron chi connectivity index (χ3n) is 11.4. The molecule has 0 saturated carbocycles. The molecule has 240 valence electrons. The molecule has 1 fully saturated rings. The lowest BCUT2D eigenvalue weighted by atomic mass is 9.78. The summed E-state index contributed by atoms with van der Waals surface area (Å²) >= 11 is 0. The maximum Gasteiger partial charge on any atom is 0.237 e. The second-order valence-corrected chi connectivity index (χ2v) is 16.5. The smallest absolute Gasteiger partial charge is 0.237 e. The number of hydrazine groups is 1. The van der Waals surface area contributed by atoms with Crippen molar-refractivity contribution in [3.63, 3.8) is 0 Å². The van der Waals surface area contributed by atoms with Crippen molar-refractivity contribution in [3.05, 3.63) is 161 Å². The summed E-state index contributed by atoms with van der Waals surface area (Å²) in [5.74, 6) is 0. The Kier molecular flexibility index (Phi) is 5.79. The van der Waals surface area contributed by atoms with E-state index in [1.165, 1.54) is 77.7 Å². The molecule has 3 nitrogen and oxygen atoms in total. The van der Waals surface area contributed by atoms with E-state index in [0.29, 0.717) is 0 Å². The molecule has 3 unspecified atom stereocenters. The van der Waals surface area contributed by atoms with Gasteiger partial charge in [-0.15, -0.1) is 0 Å². The van der Waals surface area contributed by atoms with Crippen LogP contribution in [0.15, 0.2) is 150 Å². The van der Waals surface area contributed by atoms with Gasteiger partial charge in [-0.3, -0.25) is 5.01 Å². The molecule has 6 aliphatic rings. The van der Waals surface area contributed by atoms with E-state index in [4.69, 9.17) is 0 Å². The highest BCUT2D eigenvalue weighted by molar-refractivity contribution is 6.14. The molecule has 0 aromatic heterocycles. The topological polar surface area (TPSA) is 9.49 Å². The lowest BCUT2D eigenvalue weighted by Crippen LogP contribution is -2.65. The summed E-state index contributed by atoms with van der Waals surface area (Å²) in [4.78, 5) is 0. The minimum Gasteiger partial charge on any atom is -0.279 e. The Bertz CT molecular complexity index is 2390. The van der Waals surface area contributed by atoms with Gasteiger partial charge in [0.15, 0.2) is 6.04 Å².